The molecule has 5 rings (SSSR count). The minimum absolute atomic E-state index is 0.0908. The lowest BCUT2D eigenvalue weighted by Crippen LogP contribution is -2.46. The highest BCUT2D eigenvalue weighted by Crippen LogP contribution is 2.35. The van der Waals surface area contributed by atoms with Crippen LogP contribution in [0.4, 0.5) is 5.13 Å². The molecule has 1 unspecified atom stereocenters. The van der Waals surface area contributed by atoms with Crippen LogP contribution in [-0.2, 0) is 21.4 Å². The Morgan fingerprint density at radius 2 is 2.03 bits per heavy atom. The fraction of sp³-hybridized carbons (Fsp3) is 0.280. The van der Waals surface area contributed by atoms with Gasteiger partial charge in [0.1, 0.15) is 17.0 Å². The molecule has 0 radical (unpaired) electrons. The zero-order valence-electron chi connectivity index (χ0n) is 19.5. The van der Waals surface area contributed by atoms with Gasteiger partial charge in [0.25, 0.3) is 0 Å². The van der Waals surface area contributed by atoms with Crippen molar-refractivity contribution < 1.29 is 22.4 Å². The number of methoxy groups -OCH3 is 1. The SMILES string of the molecule is COc1ccc(S(=O)(=O)N2CCCC(C(=O)N(Cc3ccco3)c3nc4c(Cl)cccc4s3)C2)cc1. The molecule has 0 bridgehead atoms. The zero-order valence-corrected chi connectivity index (χ0v) is 21.9. The number of hydrogen-bond acceptors (Lipinski definition) is 7. The molecule has 11 heteroatoms. The van der Waals surface area contributed by atoms with E-state index in [-0.39, 0.29) is 23.9 Å². The molecule has 1 aliphatic rings. The Kier molecular flexibility index (Phi) is 7.03. The number of benzene rings is 2. The number of carbonyl (C=O) groups excluding carboxylic acids is 1. The number of anilines is 1. The van der Waals surface area contributed by atoms with E-state index in [9.17, 15) is 13.2 Å². The third-order valence-corrected chi connectivity index (χ3v) is 9.41. The van der Waals surface area contributed by atoms with Crippen LogP contribution < -0.4 is 9.64 Å². The number of thiazole rings is 1. The number of piperidine rings is 1. The Morgan fingerprint density at radius 1 is 1.22 bits per heavy atom. The van der Waals surface area contributed by atoms with Gasteiger partial charge in [-0.2, -0.15) is 4.31 Å². The molecule has 8 nitrogen and oxygen atoms in total. The molecule has 3 heterocycles. The summed E-state index contributed by atoms with van der Waals surface area (Å²) in [5, 5.41) is 1.00. The van der Waals surface area contributed by atoms with E-state index in [0.29, 0.717) is 46.6 Å². The number of carbonyl (C=O) groups is 1. The number of fused-ring (bicyclic) bond motifs is 1. The molecule has 1 atom stereocenters. The summed E-state index contributed by atoms with van der Waals surface area (Å²) in [5.41, 5.74) is 0.628. The minimum atomic E-state index is -3.76. The van der Waals surface area contributed by atoms with Crippen molar-refractivity contribution in [1.29, 1.82) is 0 Å². The Morgan fingerprint density at radius 3 is 2.72 bits per heavy atom. The number of nitrogens with zero attached hydrogens (tertiary/aromatic N) is 3. The van der Waals surface area contributed by atoms with Crippen molar-refractivity contribution in [3.8, 4) is 5.75 Å². The normalized spacial score (nSPS) is 16.8. The number of halogens is 1. The molecule has 36 heavy (non-hydrogen) atoms. The van der Waals surface area contributed by atoms with Crippen LogP contribution in [0, 0.1) is 5.92 Å². The molecule has 2 aromatic carbocycles. The van der Waals surface area contributed by atoms with Crippen LogP contribution in [0.5, 0.6) is 5.75 Å². The topological polar surface area (TPSA) is 93.0 Å². The maximum atomic E-state index is 13.9. The van der Waals surface area contributed by atoms with Gasteiger partial charge in [-0.25, -0.2) is 13.4 Å². The van der Waals surface area contributed by atoms with E-state index in [1.165, 1.54) is 34.9 Å². The number of ether oxygens (including phenoxy) is 1. The van der Waals surface area contributed by atoms with Gasteiger partial charge in [-0.1, -0.05) is 29.0 Å². The zero-order chi connectivity index (χ0) is 25.3. The van der Waals surface area contributed by atoms with Crippen molar-refractivity contribution in [3.05, 3.63) is 71.6 Å². The molecule has 0 spiro atoms. The van der Waals surface area contributed by atoms with Gasteiger partial charge in [-0.3, -0.25) is 9.69 Å². The first-order valence-electron chi connectivity index (χ1n) is 11.4. The van der Waals surface area contributed by atoms with E-state index < -0.39 is 15.9 Å². The number of aromatic nitrogens is 1. The molecule has 4 aromatic rings. The lowest BCUT2D eigenvalue weighted by molar-refractivity contribution is -0.123. The summed E-state index contributed by atoms with van der Waals surface area (Å²) in [7, 11) is -2.24. The standard InChI is InChI=1S/C25H24ClN3O5S2/c1-33-18-9-11-20(12-10-18)36(31,32)28-13-3-5-17(15-28)24(30)29(16-19-6-4-14-34-19)25-27-23-21(26)7-2-8-22(23)35-25/h2,4,6-12,14,17H,3,5,13,15-16H2,1H3. The van der Waals surface area contributed by atoms with Gasteiger partial charge < -0.3 is 9.15 Å². The molecule has 1 fully saturated rings. The molecule has 1 amide bonds. The fourth-order valence-corrected chi connectivity index (χ4v) is 7.09. The lowest BCUT2D eigenvalue weighted by atomic mass is 9.98. The molecule has 1 aliphatic heterocycles. The molecule has 1 saturated heterocycles. The van der Waals surface area contributed by atoms with Crippen molar-refractivity contribution in [3.63, 3.8) is 0 Å². The average molecular weight is 546 g/mol. The van der Waals surface area contributed by atoms with Gasteiger partial charge >= 0.3 is 0 Å². The van der Waals surface area contributed by atoms with E-state index in [0.717, 1.165) is 4.70 Å². The molecule has 0 saturated carbocycles. The van der Waals surface area contributed by atoms with Crippen LogP contribution in [0.3, 0.4) is 0 Å². The van der Waals surface area contributed by atoms with E-state index in [4.69, 9.17) is 20.8 Å². The number of amides is 1. The molecule has 0 N–H and O–H groups in total. The average Bonchev–Trinajstić information content (AvgIpc) is 3.57. The predicted molar refractivity (Wildman–Crippen MR) is 139 cm³/mol. The smallest absolute Gasteiger partial charge is 0.243 e. The van der Waals surface area contributed by atoms with Gasteiger partial charge in [-0.15, -0.1) is 0 Å². The van der Waals surface area contributed by atoms with Crippen LogP contribution in [0.1, 0.15) is 18.6 Å². The largest absolute Gasteiger partial charge is 0.497 e. The first-order valence-corrected chi connectivity index (χ1v) is 14.0. The highest BCUT2D eigenvalue weighted by Gasteiger charge is 2.36. The van der Waals surface area contributed by atoms with Crippen LogP contribution in [0.2, 0.25) is 5.02 Å². The Hall–Kier alpha value is -2.92. The van der Waals surface area contributed by atoms with Crippen molar-refractivity contribution in [2.75, 3.05) is 25.1 Å². The number of rotatable bonds is 7. The second-order valence-electron chi connectivity index (χ2n) is 8.46. The molecular weight excluding hydrogens is 522 g/mol. The third-order valence-electron chi connectivity index (χ3n) is 6.18. The molecule has 2 aromatic heterocycles. The predicted octanol–water partition coefficient (Wildman–Crippen LogP) is 5.19. The van der Waals surface area contributed by atoms with Crippen LogP contribution in [0.25, 0.3) is 10.2 Å². The van der Waals surface area contributed by atoms with E-state index in [1.807, 2.05) is 12.1 Å². The van der Waals surface area contributed by atoms with Gasteiger partial charge in [0, 0.05) is 13.1 Å². The van der Waals surface area contributed by atoms with Gasteiger partial charge in [0.05, 0.1) is 40.5 Å². The number of sulfonamides is 1. The summed E-state index contributed by atoms with van der Waals surface area (Å²) in [6.07, 6.45) is 2.71. The minimum Gasteiger partial charge on any atom is -0.497 e. The summed E-state index contributed by atoms with van der Waals surface area (Å²) < 4.78 is 39.6. The number of para-hydroxylation sites is 1. The lowest BCUT2D eigenvalue weighted by Gasteiger charge is -2.33. The van der Waals surface area contributed by atoms with Crippen LogP contribution in [-0.4, -0.2) is 43.8 Å². The second kappa shape index (κ2) is 10.2. The van der Waals surface area contributed by atoms with Crippen molar-refractivity contribution in [1.82, 2.24) is 9.29 Å². The van der Waals surface area contributed by atoms with Crippen LogP contribution >= 0.6 is 22.9 Å². The first kappa shape index (κ1) is 24.8. The molecular formula is C25H24ClN3O5S2. The highest BCUT2D eigenvalue weighted by atomic mass is 35.5. The second-order valence-corrected chi connectivity index (χ2v) is 11.8. The van der Waals surface area contributed by atoms with Crippen molar-refractivity contribution >= 4 is 54.2 Å². The highest BCUT2D eigenvalue weighted by molar-refractivity contribution is 7.89. The maximum Gasteiger partial charge on any atom is 0.243 e. The fourth-order valence-electron chi connectivity index (χ4n) is 4.30. The molecule has 188 valence electrons. The summed E-state index contributed by atoms with van der Waals surface area (Å²) >= 11 is 7.70. The number of furan rings is 1. The van der Waals surface area contributed by atoms with E-state index in [1.54, 1.807) is 41.5 Å². The summed E-state index contributed by atoms with van der Waals surface area (Å²) in [4.78, 5) is 20.3. The Bertz CT molecular complexity index is 1470. The van der Waals surface area contributed by atoms with Gasteiger partial charge in [0.15, 0.2) is 5.13 Å². The van der Waals surface area contributed by atoms with Crippen molar-refractivity contribution in [2.24, 2.45) is 5.92 Å². The monoisotopic (exact) mass is 545 g/mol. The summed E-state index contributed by atoms with van der Waals surface area (Å²) in [5.74, 6) is 0.456. The quantitative estimate of drug-likeness (QED) is 0.317. The van der Waals surface area contributed by atoms with Gasteiger partial charge in [0.2, 0.25) is 15.9 Å². The van der Waals surface area contributed by atoms with Crippen LogP contribution in [0.15, 0.2) is 70.2 Å². The summed E-state index contributed by atoms with van der Waals surface area (Å²) in [6, 6.07) is 15.3. The Balaban J connectivity index is 1.43. The van der Waals surface area contributed by atoms with E-state index >= 15 is 0 Å². The first-order chi connectivity index (χ1) is 17.4. The number of hydrogen-bond donors (Lipinski definition) is 0. The van der Waals surface area contributed by atoms with Gasteiger partial charge in [-0.05, 0) is 61.4 Å². The van der Waals surface area contributed by atoms with E-state index in [2.05, 4.69) is 4.98 Å². The third kappa shape index (κ3) is 4.86. The Labute approximate surface area is 218 Å². The van der Waals surface area contributed by atoms with Crippen molar-refractivity contribution in [2.45, 2.75) is 24.3 Å². The maximum absolute atomic E-state index is 13.9. The molecule has 0 aliphatic carbocycles. The summed E-state index contributed by atoms with van der Waals surface area (Å²) in [6.45, 7) is 0.631.